The van der Waals surface area contributed by atoms with Gasteiger partial charge in [0, 0.05) is 55.6 Å². The Morgan fingerprint density at radius 1 is 1.11 bits per heavy atom. The van der Waals surface area contributed by atoms with E-state index in [1.807, 2.05) is 11.8 Å². The number of morpholine rings is 1. The minimum Gasteiger partial charge on any atom is -0.440 e. The molecule has 5 rings (SSSR count). The molecule has 0 spiro atoms. The third kappa shape index (κ3) is 4.98. The molecule has 0 saturated carbocycles. The Hall–Kier alpha value is -3.50. The van der Waals surface area contributed by atoms with Crippen molar-refractivity contribution < 1.29 is 27.8 Å². The Balaban J connectivity index is 1.65. The molecule has 2 aromatic carbocycles. The third-order valence-electron chi connectivity index (χ3n) is 7.55. The maximum absolute atomic E-state index is 14.0. The van der Waals surface area contributed by atoms with Crippen LogP contribution in [0.1, 0.15) is 41.7 Å². The molecule has 0 aliphatic carbocycles. The first-order valence-electron chi connectivity index (χ1n) is 12.8. The van der Waals surface area contributed by atoms with E-state index in [2.05, 4.69) is 0 Å². The first-order valence-corrected chi connectivity index (χ1v) is 12.8. The van der Waals surface area contributed by atoms with E-state index in [1.54, 1.807) is 22.9 Å². The number of benzene rings is 2. The van der Waals surface area contributed by atoms with Crippen LogP contribution in [0.15, 0.2) is 45.6 Å². The van der Waals surface area contributed by atoms with Crippen molar-refractivity contribution >= 4 is 28.4 Å². The molecule has 1 amide bonds. The summed E-state index contributed by atoms with van der Waals surface area (Å²) in [5, 5.41) is 9.99. The van der Waals surface area contributed by atoms with Crippen molar-refractivity contribution in [2.24, 2.45) is 0 Å². The van der Waals surface area contributed by atoms with Crippen LogP contribution >= 0.6 is 0 Å². The van der Waals surface area contributed by atoms with Gasteiger partial charge in [-0.2, -0.15) is 0 Å². The lowest BCUT2D eigenvalue weighted by molar-refractivity contribution is 0.0677. The SMILES string of the molecule is CC(c1cc(C(=O)N2CCCC2CO)cc2c(=O)cc(N3CCOCC3)oc12)N(C)c1cc(F)cc(F)c1. The third-order valence-corrected chi connectivity index (χ3v) is 7.55. The molecule has 38 heavy (non-hydrogen) atoms. The van der Waals surface area contributed by atoms with Crippen molar-refractivity contribution in [3.05, 3.63) is 69.4 Å². The number of halogens is 2. The van der Waals surface area contributed by atoms with Gasteiger partial charge in [-0.05, 0) is 44.0 Å². The summed E-state index contributed by atoms with van der Waals surface area (Å²) in [6, 6.07) is 7.09. The second-order valence-electron chi connectivity index (χ2n) is 9.88. The maximum atomic E-state index is 14.0. The number of aliphatic hydroxyl groups excluding tert-OH is 1. The number of nitrogens with zero attached hydrogens (tertiary/aromatic N) is 3. The first-order chi connectivity index (χ1) is 18.3. The van der Waals surface area contributed by atoms with E-state index in [4.69, 9.17) is 9.15 Å². The van der Waals surface area contributed by atoms with Crippen LogP contribution in [0.5, 0.6) is 0 Å². The number of hydrogen-bond acceptors (Lipinski definition) is 7. The van der Waals surface area contributed by atoms with Gasteiger partial charge in [-0.1, -0.05) is 0 Å². The zero-order valence-corrected chi connectivity index (χ0v) is 21.5. The first kappa shape index (κ1) is 26.1. The lowest BCUT2D eigenvalue weighted by Gasteiger charge is -2.30. The Bertz CT molecular complexity index is 1380. The zero-order valence-electron chi connectivity index (χ0n) is 21.5. The summed E-state index contributed by atoms with van der Waals surface area (Å²) in [7, 11) is 1.69. The molecule has 2 fully saturated rings. The number of ether oxygens (including phenoxy) is 1. The molecular weight excluding hydrogens is 496 g/mol. The summed E-state index contributed by atoms with van der Waals surface area (Å²) in [6.45, 7) is 4.34. The number of rotatable bonds is 6. The van der Waals surface area contributed by atoms with Crippen LogP contribution in [0.2, 0.25) is 0 Å². The molecule has 0 bridgehead atoms. The van der Waals surface area contributed by atoms with Gasteiger partial charge in [-0.15, -0.1) is 0 Å². The van der Waals surface area contributed by atoms with Gasteiger partial charge in [0.1, 0.15) is 17.2 Å². The highest BCUT2D eigenvalue weighted by Gasteiger charge is 2.31. The largest absolute Gasteiger partial charge is 0.440 e. The molecule has 202 valence electrons. The van der Waals surface area contributed by atoms with Gasteiger partial charge in [-0.25, -0.2) is 8.78 Å². The van der Waals surface area contributed by atoms with Crippen LogP contribution in [0.25, 0.3) is 11.0 Å². The molecule has 2 saturated heterocycles. The maximum Gasteiger partial charge on any atom is 0.254 e. The van der Waals surface area contributed by atoms with E-state index in [0.717, 1.165) is 12.5 Å². The highest BCUT2D eigenvalue weighted by Crippen LogP contribution is 2.34. The molecule has 2 atom stereocenters. The van der Waals surface area contributed by atoms with Gasteiger partial charge in [0.05, 0.1) is 37.3 Å². The Labute approximate surface area is 219 Å². The molecule has 2 aliphatic rings. The fourth-order valence-corrected chi connectivity index (χ4v) is 5.28. The smallest absolute Gasteiger partial charge is 0.254 e. The van der Waals surface area contributed by atoms with Crippen molar-refractivity contribution in [3.63, 3.8) is 0 Å². The van der Waals surface area contributed by atoms with Crippen LogP contribution in [0.4, 0.5) is 20.4 Å². The van der Waals surface area contributed by atoms with Gasteiger partial charge >= 0.3 is 0 Å². The Morgan fingerprint density at radius 2 is 1.82 bits per heavy atom. The number of carbonyl (C=O) groups excluding carboxylic acids is 1. The minimum atomic E-state index is -0.710. The van der Waals surface area contributed by atoms with Crippen molar-refractivity contribution in [3.8, 4) is 0 Å². The molecule has 2 aliphatic heterocycles. The summed E-state index contributed by atoms with van der Waals surface area (Å²) >= 11 is 0. The number of likely N-dealkylation sites (tertiary alicyclic amines) is 1. The highest BCUT2D eigenvalue weighted by molar-refractivity contribution is 5.99. The van der Waals surface area contributed by atoms with Crippen LogP contribution in [-0.4, -0.2) is 68.5 Å². The van der Waals surface area contributed by atoms with E-state index < -0.39 is 17.7 Å². The predicted octanol–water partition coefficient (Wildman–Crippen LogP) is 3.70. The second-order valence-corrected chi connectivity index (χ2v) is 9.88. The normalized spacial score (nSPS) is 18.7. The van der Waals surface area contributed by atoms with E-state index in [1.165, 1.54) is 24.3 Å². The topological polar surface area (TPSA) is 86.5 Å². The fourth-order valence-electron chi connectivity index (χ4n) is 5.28. The summed E-state index contributed by atoms with van der Waals surface area (Å²) in [5.74, 6) is -1.30. The van der Waals surface area contributed by atoms with Gasteiger partial charge < -0.3 is 29.0 Å². The number of hydrogen-bond donors (Lipinski definition) is 1. The number of anilines is 2. The van der Waals surface area contributed by atoms with E-state index in [-0.39, 0.29) is 29.4 Å². The fraction of sp³-hybridized carbons (Fsp3) is 0.429. The Morgan fingerprint density at radius 3 is 2.50 bits per heavy atom. The van der Waals surface area contributed by atoms with Gasteiger partial charge in [0.2, 0.25) is 0 Å². The number of carbonyl (C=O) groups is 1. The summed E-state index contributed by atoms with van der Waals surface area (Å²) < 4.78 is 39.8. The molecule has 1 aromatic heterocycles. The molecule has 3 heterocycles. The van der Waals surface area contributed by atoms with Gasteiger partial charge in [-0.3, -0.25) is 9.59 Å². The number of amides is 1. The average Bonchev–Trinajstić information content (AvgIpc) is 3.40. The predicted molar refractivity (Wildman–Crippen MR) is 140 cm³/mol. The Kier molecular flexibility index (Phi) is 7.36. The number of fused-ring (bicyclic) bond motifs is 1. The van der Waals surface area contributed by atoms with E-state index in [0.29, 0.717) is 67.6 Å². The lowest BCUT2D eigenvalue weighted by atomic mass is 9.98. The standard InChI is InChI=1S/C28H31F2N3O5/c1-17(31(2)22-13-19(29)12-20(30)14-22)23-10-18(28(36)33-5-3-4-21(33)16-34)11-24-25(35)15-26(38-27(23)24)32-6-8-37-9-7-32/h10-15,17,21,34H,3-9,16H2,1-2H3. The summed E-state index contributed by atoms with van der Waals surface area (Å²) in [4.78, 5) is 32.1. The molecular formula is C28H31F2N3O5. The quantitative estimate of drug-likeness (QED) is 0.523. The monoisotopic (exact) mass is 527 g/mol. The molecule has 3 aromatic rings. The molecule has 8 nitrogen and oxygen atoms in total. The number of aliphatic hydroxyl groups is 1. The van der Waals surface area contributed by atoms with Crippen LogP contribution in [-0.2, 0) is 4.74 Å². The van der Waals surface area contributed by atoms with Gasteiger partial charge in [0.25, 0.3) is 5.91 Å². The molecule has 2 unspecified atom stereocenters. The van der Waals surface area contributed by atoms with E-state index >= 15 is 0 Å². The van der Waals surface area contributed by atoms with Crippen LogP contribution in [0, 0.1) is 11.6 Å². The zero-order chi connectivity index (χ0) is 27.0. The van der Waals surface area contributed by atoms with Crippen molar-refractivity contribution in [1.82, 2.24) is 4.90 Å². The highest BCUT2D eigenvalue weighted by atomic mass is 19.1. The lowest BCUT2D eigenvalue weighted by Crippen LogP contribution is -2.38. The van der Waals surface area contributed by atoms with Crippen molar-refractivity contribution in [1.29, 1.82) is 0 Å². The summed E-state index contributed by atoms with van der Waals surface area (Å²) in [6.07, 6.45) is 1.49. The van der Waals surface area contributed by atoms with Crippen LogP contribution < -0.4 is 15.2 Å². The van der Waals surface area contributed by atoms with Crippen molar-refractivity contribution in [2.45, 2.75) is 31.8 Å². The minimum absolute atomic E-state index is 0.137. The molecule has 0 radical (unpaired) electrons. The molecule has 10 heteroatoms. The van der Waals surface area contributed by atoms with E-state index in [9.17, 15) is 23.5 Å². The summed E-state index contributed by atoms with van der Waals surface area (Å²) in [5.41, 5.74) is 1.14. The second kappa shape index (κ2) is 10.7. The van der Waals surface area contributed by atoms with Crippen molar-refractivity contribution in [2.75, 3.05) is 56.3 Å². The average molecular weight is 528 g/mol. The molecule has 1 N–H and O–H groups in total. The van der Waals surface area contributed by atoms with Crippen LogP contribution in [0.3, 0.4) is 0 Å². The van der Waals surface area contributed by atoms with Gasteiger partial charge in [0.15, 0.2) is 11.3 Å².